The molecular formula is C20H20Cl2N2. The topological polar surface area (TPSA) is 28.3 Å². The van der Waals surface area contributed by atoms with E-state index in [1.165, 1.54) is 33.2 Å². The highest BCUT2D eigenvalue weighted by molar-refractivity contribution is 5.75. The van der Waals surface area contributed by atoms with E-state index in [2.05, 4.69) is 72.3 Å². The number of hydrogen-bond donors (Lipinski definition) is 0. The van der Waals surface area contributed by atoms with Crippen LogP contribution in [-0.4, -0.2) is 0 Å². The number of para-hydroxylation sites is 2. The molecule has 0 amide bonds. The Labute approximate surface area is 154 Å². The lowest BCUT2D eigenvalue weighted by atomic mass is 10.2. The van der Waals surface area contributed by atoms with Gasteiger partial charge in [0.25, 0.3) is 0 Å². The molecule has 0 aliphatic carbocycles. The van der Waals surface area contributed by atoms with E-state index in [0.717, 1.165) is 0 Å². The highest BCUT2D eigenvalue weighted by Gasteiger charge is 1.98. The zero-order chi connectivity index (χ0) is 15.4. The highest BCUT2D eigenvalue weighted by atomic mass is 35.5. The maximum Gasteiger partial charge on any atom is 0.210 e. The lowest BCUT2D eigenvalue weighted by molar-refractivity contribution is -0.355. The molecule has 2 heterocycles. The lowest BCUT2D eigenvalue weighted by Gasteiger charge is -1.89. The molecule has 0 bridgehead atoms. The van der Waals surface area contributed by atoms with Crippen LogP contribution in [0.4, 0.5) is 0 Å². The van der Waals surface area contributed by atoms with Gasteiger partial charge in [-0.1, -0.05) is 24.3 Å². The van der Waals surface area contributed by atoms with Gasteiger partial charge in [0.1, 0.15) is 0 Å². The summed E-state index contributed by atoms with van der Waals surface area (Å²) >= 11 is 0. The monoisotopic (exact) mass is 358 g/mol. The number of rotatable bonds is 0. The van der Waals surface area contributed by atoms with Gasteiger partial charge in [-0.25, -0.2) is 9.97 Å². The van der Waals surface area contributed by atoms with Crippen molar-refractivity contribution in [2.24, 2.45) is 0 Å². The first-order valence-electron chi connectivity index (χ1n) is 7.48. The molecule has 4 rings (SSSR count). The molecule has 0 saturated carbocycles. The summed E-state index contributed by atoms with van der Waals surface area (Å²) in [5.74, 6) is 0. The molecule has 0 aliphatic heterocycles. The summed E-state index contributed by atoms with van der Waals surface area (Å²) in [5.41, 5.74) is 4.80. The molecule has 0 spiro atoms. The van der Waals surface area contributed by atoms with Gasteiger partial charge in [-0.2, -0.15) is 0 Å². The van der Waals surface area contributed by atoms with E-state index in [-0.39, 0.29) is 24.8 Å². The second kappa shape index (κ2) is 9.21. The lowest BCUT2D eigenvalue weighted by Crippen LogP contribution is -3.00. The van der Waals surface area contributed by atoms with Crippen LogP contribution < -0.4 is 34.8 Å². The molecule has 2 N–H and O–H groups in total. The zero-order valence-electron chi connectivity index (χ0n) is 13.7. The molecule has 0 unspecified atom stereocenters. The molecule has 4 aromatic rings. The van der Waals surface area contributed by atoms with E-state index in [4.69, 9.17) is 0 Å². The molecule has 2 nitrogen and oxygen atoms in total. The maximum absolute atomic E-state index is 3.29. The molecule has 0 saturated heterocycles. The van der Waals surface area contributed by atoms with Crippen molar-refractivity contribution >= 4 is 21.8 Å². The fourth-order valence-electron chi connectivity index (χ4n) is 2.45. The molecular weight excluding hydrogens is 339 g/mol. The minimum Gasteiger partial charge on any atom is -1.00 e. The number of H-pyrrole nitrogens is 2. The van der Waals surface area contributed by atoms with Gasteiger partial charge < -0.3 is 24.8 Å². The van der Waals surface area contributed by atoms with Crippen LogP contribution in [0.1, 0.15) is 11.4 Å². The fraction of sp³-hybridized carbons (Fsp3) is 0.100. The number of halogens is 2. The number of hydrogen-bond acceptors (Lipinski definition) is 0. The molecule has 2 aromatic carbocycles. The van der Waals surface area contributed by atoms with Crippen molar-refractivity contribution in [3.63, 3.8) is 0 Å². The third-order valence-corrected chi connectivity index (χ3v) is 3.61. The molecule has 0 fully saturated rings. The predicted octanol–water partition coefficient (Wildman–Crippen LogP) is -2.07. The summed E-state index contributed by atoms with van der Waals surface area (Å²) in [5, 5.41) is 2.52. The van der Waals surface area contributed by atoms with E-state index in [0.29, 0.717) is 0 Å². The molecule has 2 aromatic heterocycles. The van der Waals surface area contributed by atoms with Crippen molar-refractivity contribution < 1.29 is 34.8 Å². The SMILES string of the molecule is Cc1ccc2ccccc2[nH+]1.Cc1ccc2ccccc2[nH+]1.[Cl-].[Cl-]. The third-order valence-electron chi connectivity index (χ3n) is 3.61. The second-order valence-electron chi connectivity index (χ2n) is 5.46. The van der Waals surface area contributed by atoms with E-state index in [9.17, 15) is 0 Å². The summed E-state index contributed by atoms with van der Waals surface area (Å²) in [6.45, 7) is 4.12. The van der Waals surface area contributed by atoms with Crippen LogP contribution in [0.25, 0.3) is 21.8 Å². The normalized spacial score (nSPS) is 9.42. The summed E-state index contributed by atoms with van der Waals surface area (Å²) in [6, 6.07) is 25.0. The van der Waals surface area contributed by atoms with E-state index >= 15 is 0 Å². The molecule has 0 radical (unpaired) electrons. The Kier molecular flexibility index (Phi) is 7.63. The van der Waals surface area contributed by atoms with Gasteiger partial charge in [0.2, 0.25) is 11.0 Å². The van der Waals surface area contributed by atoms with Crippen molar-refractivity contribution in [3.8, 4) is 0 Å². The number of nitrogens with one attached hydrogen (secondary N) is 2. The number of aromatic nitrogens is 2. The summed E-state index contributed by atoms with van der Waals surface area (Å²) in [7, 11) is 0. The first-order valence-corrected chi connectivity index (χ1v) is 7.48. The van der Waals surface area contributed by atoms with Gasteiger partial charge in [-0.05, 0) is 24.3 Å². The standard InChI is InChI=1S/2C10H9N.2ClH/c2*1-8-6-7-9-4-2-3-5-10(9)11-8;;/h2*2-7H,1H3;2*1H. The smallest absolute Gasteiger partial charge is 0.210 e. The van der Waals surface area contributed by atoms with Gasteiger partial charge in [-0.3, -0.25) is 0 Å². The Balaban J connectivity index is 0.000000222. The van der Waals surface area contributed by atoms with Gasteiger partial charge in [0, 0.05) is 48.9 Å². The van der Waals surface area contributed by atoms with Crippen molar-refractivity contribution in [1.82, 2.24) is 0 Å². The first kappa shape index (κ1) is 19.9. The van der Waals surface area contributed by atoms with Crippen LogP contribution in [-0.2, 0) is 0 Å². The average molecular weight is 359 g/mol. The van der Waals surface area contributed by atoms with Crippen LogP contribution >= 0.6 is 0 Å². The van der Waals surface area contributed by atoms with Gasteiger partial charge >= 0.3 is 0 Å². The van der Waals surface area contributed by atoms with E-state index < -0.39 is 0 Å². The minimum atomic E-state index is 0. The first-order chi connectivity index (χ1) is 10.7. The summed E-state index contributed by atoms with van der Waals surface area (Å²) in [4.78, 5) is 6.58. The van der Waals surface area contributed by atoms with Crippen LogP contribution in [0.2, 0.25) is 0 Å². The van der Waals surface area contributed by atoms with Crippen LogP contribution in [0.15, 0.2) is 72.8 Å². The number of fused-ring (bicyclic) bond motifs is 2. The highest BCUT2D eigenvalue weighted by Crippen LogP contribution is 2.07. The predicted molar refractivity (Wildman–Crippen MR) is 90.5 cm³/mol. The number of pyridine rings is 2. The van der Waals surface area contributed by atoms with Gasteiger partial charge in [0.15, 0.2) is 11.4 Å². The van der Waals surface area contributed by atoms with Crippen molar-refractivity contribution in [2.75, 3.05) is 0 Å². The molecule has 124 valence electrons. The van der Waals surface area contributed by atoms with Gasteiger partial charge in [0.05, 0.1) is 0 Å². The molecule has 0 atom stereocenters. The van der Waals surface area contributed by atoms with Crippen molar-refractivity contribution in [2.45, 2.75) is 13.8 Å². The van der Waals surface area contributed by atoms with Crippen LogP contribution in [0, 0.1) is 13.8 Å². The maximum atomic E-state index is 3.29. The number of aryl methyl sites for hydroxylation is 2. The Morgan fingerprint density at radius 3 is 1.29 bits per heavy atom. The van der Waals surface area contributed by atoms with Crippen LogP contribution in [0.5, 0.6) is 0 Å². The van der Waals surface area contributed by atoms with Crippen molar-refractivity contribution in [3.05, 3.63) is 84.2 Å². The average Bonchev–Trinajstić information content (AvgIpc) is 2.55. The summed E-state index contributed by atoms with van der Waals surface area (Å²) < 4.78 is 0. The Morgan fingerprint density at radius 2 is 0.875 bits per heavy atom. The summed E-state index contributed by atoms with van der Waals surface area (Å²) in [6.07, 6.45) is 0. The Bertz CT molecular complexity index is 846. The van der Waals surface area contributed by atoms with E-state index in [1.54, 1.807) is 0 Å². The fourth-order valence-corrected chi connectivity index (χ4v) is 2.45. The second-order valence-corrected chi connectivity index (χ2v) is 5.46. The number of aromatic amines is 2. The Hall–Kier alpha value is -2.16. The van der Waals surface area contributed by atoms with Crippen LogP contribution in [0.3, 0.4) is 0 Å². The molecule has 0 aliphatic rings. The third kappa shape index (κ3) is 4.92. The Morgan fingerprint density at radius 1 is 0.500 bits per heavy atom. The number of benzene rings is 2. The zero-order valence-corrected chi connectivity index (χ0v) is 15.2. The minimum absolute atomic E-state index is 0. The quantitative estimate of drug-likeness (QED) is 0.345. The molecule has 24 heavy (non-hydrogen) atoms. The van der Waals surface area contributed by atoms with Gasteiger partial charge in [-0.15, -0.1) is 0 Å². The van der Waals surface area contributed by atoms with Crippen molar-refractivity contribution in [1.29, 1.82) is 0 Å². The van der Waals surface area contributed by atoms with E-state index in [1.807, 2.05) is 24.3 Å². The largest absolute Gasteiger partial charge is 1.00 e. The molecule has 4 heteroatoms.